The van der Waals surface area contributed by atoms with E-state index >= 15 is 0 Å². The molecule has 1 aromatic heterocycles. The van der Waals surface area contributed by atoms with E-state index in [1.807, 2.05) is 29.7 Å². The molecule has 1 atom stereocenters. The van der Waals surface area contributed by atoms with E-state index in [0.717, 1.165) is 0 Å². The average molecular weight is 296 g/mol. The lowest BCUT2D eigenvalue weighted by Crippen LogP contribution is -2.11. The molecular formula is C13H14ClN3OS. The molecule has 0 amide bonds. The Hall–Kier alpha value is -1.59. The van der Waals surface area contributed by atoms with Gasteiger partial charge in [0.25, 0.3) is 0 Å². The molecule has 1 aromatic carbocycles. The van der Waals surface area contributed by atoms with Gasteiger partial charge < -0.3 is 4.74 Å². The highest BCUT2D eigenvalue weighted by Gasteiger charge is 2.16. The van der Waals surface area contributed by atoms with Crippen LogP contribution in [0.5, 0.6) is 5.75 Å². The number of hydrogen-bond donors (Lipinski definition) is 1. The molecule has 4 nitrogen and oxygen atoms in total. The summed E-state index contributed by atoms with van der Waals surface area (Å²) < 4.78 is 8.20. The van der Waals surface area contributed by atoms with Crippen LogP contribution in [0.4, 0.5) is 0 Å². The number of aromatic nitrogens is 3. The summed E-state index contributed by atoms with van der Waals surface area (Å²) >= 11 is 11.2. The molecule has 0 aliphatic rings. The number of ether oxygens (including phenoxy) is 1. The van der Waals surface area contributed by atoms with Crippen LogP contribution in [0.25, 0.3) is 0 Å². The highest BCUT2D eigenvalue weighted by molar-refractivity contribution is 7.71. The Morgan fingerprint density at radius 1 is 1.58 bits per heavy atom. The van der Waals surface area contributed by atoms with E-state index in [9.17, 15) is 0 Å². The molecule has 6 heteroatoms. The number of rotatable bonds is 5. The molecule has 0 bridgehead atoms. The van der Waals surface area contributed by atoms with Gasteiger partial charge in [0.05, 0.1) is 5.02 Å². The van der Waals surface area contributed by atoms with Gasteiger partial charge in [0.15, 0.2) is 16.7 Å². The summed E-state index contributed by atoms with van der Waals surface area (Å²) in [5.41, 5.74) is 0. The number of hydrogen-bond acceptors (Lipinski definition) is 3. The van der Waals surface area contributed by atoms with Crippen LogP contribution < -0.4 is 4.74 Å². The summed E-state index contributed by atoms with van der Waals surface area (Å²) in [4.78, 5) is 0. The van der Waals surface area contributed by atoms with Crippen LogP contribution in [0.15, 0.2) is 36.9 Å². The zero-order valence-electron chi connectivity index (χ0n) is 10.5. The third-order valence-corrected chi connectivity index (χ3v) is 3.23. The number of halogens is 1. The van der Waals surface area contributed by atoms with Crippen molar-refractivity contribution in [3.05, 3.63) is 52.5 Å². The lowest BCUT2D eigenvalue weighted by Gasteiger charge is -2.15. The lowest BCUT2D eigenvalue weighted by atomic mass is 10.3. The van der Waals surface area contributed by atoms with Crippen molar-refractivity contribution in [1.29, 1.82) is 0 Å². The molecule has 0 fully saturated rings. The molecule has 0 unspecified atom stereocenters. The van der Waals surface area contributed by atoms with Gasteiger partial charge in [-0.05, 0) is 31.3 Å². The number of nitrogens with zero attached hydrogens (tertiary/aromatic N) is 2. The molecular weight excluding hydrogens is 282 g/mol. The van der Waals surface area contributed by atoms with E-state index in [4.69, 9.17) is 28.6 Å². The quantitative estimate of drug-likeness (QED) is 0.671. The Morgan fingerprint density at radius 3 is 3.00 bits per heavy atom. The van der Waals surface area contributed by atoms with Crippen molar-refractivity contribution in [1.82, 2.24) is 14.8 Å². The summed E-state index contributed by atoms with van der Waals surface area (Å²) in [7, 11) is 0. The summed E-state index contributed by atoms with van der Waals surface area (Å²) in [6.45, 7) is 6.19. The van der Waals surface area contributed by atoms with Crippen molar-refractivity contribution in [3.63, 3.8) is 0 Å². The van der Waals surface area contributed by atoms with Crippen LogP contribution in [0, 0.1) is 4.77 Å². The number of nitrogens with one attached hydrogen (secondary N) is 1. The van der Waals surface area contributed by atoms with E-state index < -0.39 is 0 Å². The van der Waals surface area contributed by atoms with Gasteiger partial charge in [-0.2, -0.15) is 5.10 Å². The predicted molar refractivity (Wildman–Crippen MR) is 78.1 cm³/mol. The maximum atomic E-state index is 6.07. The third-order valence-electron chi connectivity index (χ3n) is 2.60. The minimum absolute atomic E-state index is 0.271. The van der Waals surface area contributed by atoms with Gasteiger partial charge in [0.2, 0.25) is 0 Å². The zero-order valence-corrected chi connectivity index (χ0v) is 12.0. The largest absolute Gasteiger partial charge is 0.481 e. The Bertz CT molecular complexity index is 635. The molecule has 0 saturated carbocycles. The Morgan fingerprint density at radius 2 is 2.32 bits per heavy atom. The minimum Gasteiger partial charge on any atom is -0.481 e. The van der Waals surface area contributed by atoms with Crippen LogP contribution in [-0.4, -0.2) is 14.8 Å². The fourth-order valence-corrected chi connectivity index (χ4v) is 2.12. The number of benzene rings is 1. The lowest BCUT2D eigenvalue weighted by molar-refractivity contribution is 0.211. The molecule has 0 saturated heterocycles. The monoisotopic (exact) mass is 295 g/mol. The van der Waals surface area contributed by atoms with Crippen molar-refractivity contribution < 1.29 is 4.74 Å². The topological polar surface area (TPSA) is 42.8 Å². The summed E-state index contributed by atoms with van der Waals surface area (Å²) in [6, 6.07) is 7.32. The van der Waals surface area contributed by atoms with Gasteiger partial charge in [-0.1, -0.05) is 29.8 Å². The first kappa shape index (κ1) is 13.8. The summed E-state index contributed by atoms with van der Waals surface area (Å²) in [6.07, 6.45) is 1.49. The summed E-state index contributed by atoms with van der Waals surface area (Å²) in [5.74, 6) is 1.33. The van der Waals surface area contributed by atoms with Crippen molar-refractivity contribution in [3.8, 4) is 5.75 Å². The molecule has 100 valence electrons. The SMILES string of the molecule is C=CCn1c([C@@H](C)Oc2ccccc2Cl)n[nH]c1=S. The average Bonchev–Trinajstić information content (AvgIpc) is 2.75. The van der Waals surface area contributed by atoms with E-state index in [-0.39, 0.29) is 6.10 Å². The third kappa shape index (κ3) is 3.05. The van der Waals surface area contributed by atoms with Gasteiger partial charge in [0.1, 0.15) is 5.75 Å². The van der Waals surface area contributed by atoms with E-state index in [1.165, 1.54) is 0 Å². The highest BCUT2D eigenvalue weighted by atomic mass is 35.5. The normalized spacial score (nSPS) is 12.1. The Balaban J connectivity index is 2.25. The molecule has 0 aliphatic carbocycles. The molecule has 19 heavy (non-hydrogen) atoms. The van der Waals surface area contributed by atoms with Crippen molar-refractivity contribution in [2.24, 2.45) is 0 Å². The van der Waals surface area contributed by atoms with Crippen LogP contribution in [0.2, 0.25) is 5.02 Å². The van der Waals surface area contributed by atoms with E-state index in [0.29, 0.717) is 27.9 Å². The first-order valence-electron chi connectivity index (χ1n) is 5.80. The molecule has 1 heterocycles. The number of para-hydroxylation sites is 1. The smallest absolute Gasteiger partial charge is 0.195 e. The van der Waals surface area contributed by atoms with E-state index in [1.54, 1.807) is 12.1 Å². The second-order valence-electron chi connectivity index (χ2n) is 3.98. The zero-order chi connectivity index (χ0) is 13.8. The number of aromatic amines is 1. The standard InChI is InChI=1S/C13H14ClN3OS/c1-3-8-17-12(15-16-13(17)19)9(2)18-11-7-5-4-6-10(11)14/h3-7,9H,1,8H2,2H3,(H,16,19)/t9-/m1/s1. The number of allylic oxidation sites excluding steroid dienone is 1. The van der Waals surface area contributed by atoms with Crippen LogP contribution in [0.3, 0.4) is 0 Å². The van der Waals surface area contributed by atoms with Gasteiger partial charge in [-0.3, -0.25) is 9.67 Å². The van der Waals surface area contributed by atoms with Crippen molar-refractivity contribution >= 4 is 23.8 Å². The first-order chi connectivity index (χ1) is 9.13. The van der Waals surface area contributed by atoms with Crippen LogP contribution in [-0.2, 0) is 6.54 Å². The molecule has 0 spiro atoms. The highest BCUT2D eigenvalue weighted by Crippen LogP contribution is 2.27. The van der Waals surface area contributed by atoms with Gasteiger partial charge >= 0.3 is 0 Å². The molecule has 2 rings (SSSR count). The maximum absolute atomic E-state index is 6.07. The summed E-state index contributed by atoms with van der Waals surface area (Å²) in [5, 5.41) is 7.52. The van der Waals surface area contributed by atoms with E-state index in [2.05, 4.69) is 16.8 Å². The van der Waals surface area contributed by atoms with Crippen molar-refractivity contribution in [2.75, 3.05) is 0 Å². The van der Waals surface area contributed by atoms with Crippen molar-refractivity contribution in [2.45, 2.75) is 19.6 Å². The van der Waals surface area contributed by atoms with Crippen LogP contribution >= 0.6 is 23.8 Å². The van der Waals surface area contributed by atoms with Gasteiger partial charge in [-0.25, -0.2) is 0 Å². The molecule has 1 N–H and O–H groups in total. The van der Waals surface area contributed by atoms with Gasteiger partial charge in [-0.15, -0.1) is 6.58 Å². The minimum atomic E-state index is -0.271. The number of H-pyrrole nitrogens is 1. The second-order valence-corrected chi connectivity index (χ2v) is 4.77. The molecule has 0 aliphatic heterocycles. The fraction of sp³-hybridized carbons (Fsp3) is 0.231. The maximum Gasteiger partial charge on any atom is 0.195 e. The predicted octanol–water partition coefficient (Wildman–Crippen LogP) is 3.92. The Labute approximate surface area is 121 Å². The second kappa shape index (κ2) is 6.04. The first-order valence-corrected chi connectivity index (χ1v) is 6.59. The molecule has 2 aromatic rings. The molecule has 0 radical (unpaired) electrons. The fourth-order valence-electron chi connectivity index (χ4n) is 1.73. The van der Waals surface area contributed by atoms with Gasteiger partial charge in [0, 0.05) is 6.54 Å². The van der Waals surface area contributed by atoms with Crippen LogP contribution in [0.1, 0.15) is 18.9 Å². The Kier molecular flexibility index (Phi) is 4.39.